The number of anilines is 1. The summed E-state index contributed by atoms with van der Waals surface area (Å²) in [6.07, 6.45) is -3.82. The van der Waals surface area contributed by atoms with Crippen LogP contribution in [0.5, 0.6) is 5.88 Å². The number of pyridine rings is 1. The second-order valence-electron chi connectivity index (χ2n) is 9.35. The molecule has 196 valence electrons. The Labute approximate surface area is 210 Å². The molecule has 1 aliphatic rings. The summed E-state index contributed by atoms with van der Waals surface area (Å²) in [6, 6.07) is 10.9. The van der Waals surface area contributed by atoms with Gasteiger partial charge in [-0.3, -0.25) is 4.79 Å². The number of oxazole rings is 1. The number of halogens is 3. The van der Waals surface area contributed by atoms with Crippen molar-refractivity contribution in [2.45, 2.75) is 45.1 Å². The highest BCUT2D eigenvalue weighted by Gasteiger charge is 2.42. The Kier molecular flexibility index (Phi) is 7.10. The molecule has 1 unspecified atom stereocenters. The summed E-state index contributed by atoms with van der Waals surface area (Å²) < 4.78 is 56.6. The van der Waals surface area contributed by atoms with Crippen molar-refractivity contribution in [2.75, 3.05) is 18.4 Å². The third kappa shape index (κ3) is 6.57. The number of ether oxygens (including phenoxy) is 2. The third-order valence-corrected chi connectivity index (χ3v) is 5.20. The Bertz CT molecular complexity index is 1250. The highest BCUT2D eigenvalue weighted by atomic mass is 19.4. The molecule has 0 aliphatic carbocycles. The number of hydrogen-bond acceptors (Lipinski definition) is 7. The van der Waals surface area contributed by atoms with E-state index in [0.717, 1.165) is 0 Å². The van der Waals surface area contributed by atoms with Crippen LogP contribution < -0.4 is 10.1 Å². The first-order chi connectivity index (χ1) is 17.4. The topological polar surface area (TPSA) is 107 Å². The molecule has 1 aromatic carbocycles. The monoisotopic (exact) mass is 518 g/mol. The maximum atomic E-state index is 13.5. The van der Waals surface area contributed by atoms with Crippen LogP contribution in [-0.2, 0) is 10.9 Å². The van der Waals surface area contributed by atoms with Crippen LogP contribution in [0.15, 0.2) is 53.1 Å². The molecule has 1 aliphatic heterocycles. The zero-order chi connectivity index (χ0) is 26.8. The summed E-state index contributed by atoms with van der Waals surface area (Å²) in [5.41, 5.74) is -1.06. The smallest absolute Gasteiger partial charge is 0.452 e. The summed E-state index contributed by atoms with van der Waals surface area (Å²) in [7, 11) is 0. The zero-order valence-corrected chi connectivity index (χ0v) is 20.3. The van der Waals surface area contributed by atoms with Gasteiger partial charge in [-0.2, -0.15) is 13.2 Å². The van der Waals surface area contributed by atoms with Crippen molar-refractivity contribution in [3.8, 4) is 17.3 Å². The van der Waals surface area contributed by atoms with Gasteiger partial charge in [0.2, 0.25) is 17.5 Å². The minimum atomic E-state index is -4.92. The molecular weight excluding hydrogens is 493 g/mol. The summed E-state index contributed by atoms with van der Waals surface area (Å²) in [5, 5.41) is 2.35. The van der Waals surface area contributed by atoms with Crippen LogP contribution in [0.3, 0.4) is 0 Å². The molecule has 12 heteroatoms. The molecular formula is C25H25F3N4O5. The third-order valence-electron chi connectivity index (χ3n) is 5.20. The van der Waals surface area contributed by atoms with Gasteiger partial charge in [0.05, 0.1) is 18.4 Å². The lowest BCUT2D eigenvalue weighted by Crippen LogP contribution is -2.36. The number of nitrogens with zero attached hydrogens (tertiary/aromatic N) is 3. The van der Waals surface area contributed by atoms with Crippen LogP contribution in [0.2, 0.25) is 0 Å². The van der Waals surface area contributed by atoms with E-state index in [0.29, 0.717) is 25.1 Å². The van der Waals surface area contributed by atoms with Gasteiger partial charge >= 0.3 is 12.3 Å². The Morgan fingerprint density at radius 2 is 1.84 bits per heavy atom. The number of carbonyl (C=O) groups excluding carboxylic acids is 2. The number of aromatic nitrogens is 2. The van der Waals surface area contributed by atoms with E-state index < -0.39 is 35.2 Å². The highest BCUT2D eigenvalue weighted by molar-refractivity contribution is 6.03. The highest BCUT2D eigenvalue weighted by Crippen LogP contribution is 2.35. The Balaban J connectivity index is 1.40. The van der Waals surface area contributed by atoms with Gasteiger partial charge in [0.25, 0.3) is 5.91 Å². The van der Waals surface area contributed by atoms with E-state index in [4.69, 9.17) is 13.9 Å². The number of benzene rings is 1. The van der Waals surface area contributed by atoms with Crippen LogP contribution in [-0.4, -0.2) is 51.7 Å². The predicted octanol–water partition coefficient (Wildman–Crippen LogP) is 5.40. The molecule has 1 N–H and O–H groups in total. The van der Waals surface area contributed by atoms with Crippen LogP contribution in [0.1, 0.15) is 43.4 Å². The lowest BCUT2D eigenvalue weighted by atomic mass is 10.2. The molecule has 2 aromatic heterocycles. The fourth-order valence-corrected chi connectivity index (χ4v) is 3.57. The first kappa shape index (κ1) is 26.0. The summed E-state index contributed by atoms with van der Waals surface area (Å²) in [5.74, 6) is -2.68. The number of likely N-dealkylation sites (tertiary alicyclic amines) is 1. The normalized spacial score (nSPS) is 15.9. The van der Waals surface area contributed by atoms with Crippen molar-refractivity contribution in [2.24, 2.45) is 0 Å². The fourth-order valence-electron chi connectivity index (χ4n) is 3.57. The summed E-state index contributed by atoms with van der Waals surface area (Å²) in [4.78, 5) is 34.3. The maximum Gasteiger partial charge on any atom is 0.452 e. The fraction of sp³-hybridized carbons (Fsp3) is 0.360. The number of rotatable bonds is 5. The zero-order valence-electron chi connectivity index (χ0n) is 20.3. The van der Waals surface area contributed by atoms with Crippen molar-refractivity contribution in [1.82, 2.24) is 14.9 Å². The first-order valence-electron chi connectivity index (χ1n) is 11.4. The van der Waals surface area contributed by atoms with E-state index in [1.807, 2.05) is 0 Å². The van der Waals surface area contributed by atoms with Crippen LogP contribution in [0.4, 0.5) is 23.7 Å². The average Bonchev–Trinajstić information content (AvgIpc) is 3.48. The van der Waals surface area contributed by atoms with Gasteiger partial charge in [0.15, 0.2) is 5.69 Å². The molecule has 0 radical (unpaired) electrons. The molecule has 0 spiro atoms. The lowest BCUT2D eigenvalue weighted by Gasteiger charge is -2.24. The molecule has 0 bridgehead atoms. The Morgan fingerprint density at radius 3 is 2.46 bits per heavy atom. The van der Waals surface area contributed by atoms with Crippen molar-refractivity contribution in [1.29, 1.82) is 0 Å². The average molecular weight is 518 g/mol. The number of alkyl halides is 3. The molecule has 9 nitrogen and oxygen atoms in total. The minimum Gasteiger partial charge on any atom is -0.472 e. The summed E-state index contributed by atoms with van der Waals surface area (Å²) >= 11 is 0. The van der Waals surface area contributed by atoms with Gasteiger partial charge in [-0.15, -0.1) is 0 Å². The van der Waals surface area contributed by atoms with Crippen molar-refractivity contribution < 1.29 is 36.7 Å². The van der Waals surface area contributed by atoms with Crippen molar-refractivity contribution >= 4 is 17.7 Å². The molecule has 3 heterocycles. The van der Waals surface area contributed by atoms with Crippen LogP contribution in [0, 0.1) is 0 Å². The molecule has 0 saturated carbocycles. The van der Waals surface area contributed by atoms with Gasteiger partial charge < -0.3 is 24.1 Å². The van der Waals surface area contributed by atoms with E-state index in [2.05, 4.69) is 15.3 Å². The van der Waals surface area contributed by atoms with Crippen LogP contribution in [0.25, 0.3) is 11.5 Å². The quantitative estimate of drug-likeness (QED) is 0.482. The second-order valence-corrected chi connectivity index (χ2v) is 9.35. The maximum absolute atomic E-state index is 13.5. The molecule has 1 fully saturated rings. The van der Waals surface area contributed by atoms with E-state index in [-0.39, 0.29) is 23.6 Å². The first-order valence-corrected chi connectivity index (χ1v) is 11.4. The van der Waals surface area contributed by atoms with Crippen LogP contribution >= 0.6 is 0 Å². The lowest BCUT2D eigenvalue weighted by molar-refractivity contribution is -0.153. The predicted molar refractivity (Wildman–Crippen MR) is 126 cm³/mol. The largest absolute Gasteiger partial charge is 0.472 e. The summed E-state index contributed by atoms with van der Waals surface area (Å²) in [6.45, 7) is 6.15. The minimum absolute atomic E-state index is 0.136. The van der Waals surface area contributed by atoms with E-state index >= 15 is 0 Å². The van der Waals surface area contributed by atoms with Gasteiger partial charge in [-0.05, 0) is 39.0 Å². The van der Waals surface area contributed by atoms with Gasteiger partial charge in [0, 0.05) is 24.6 Å². The SMILES string of the molecule is CC(C)(C)OC(=O)N1CCC(Oc2ccc(NC(=O)c3nc(-c4ccccc4)oc3C(F)(F)F)cn2)C1. The number of amides is 2. The van der Waals surface area contributed by atoms with E-state index in [1.165, 1.54) is 30.5 Å². The Morgan fingerprint density at radius 1 is 1.11 bits per heavy atom. The van der Waals surface area contributed by atoms with Crippen molar-refractivity contribution in [3.63, 3.8) is 0 Å². The van der Waals surface area contributed by atoms with Crippen molar-refractivity contribution in [3.05, 3.63) is 60.1 Å². The van der Waals surface area contributed by atoms with Gasteiger partial charge in [0.1, 0.15) is 11.7 Å². The molecule has 1 atom stereocenters. The molecule has 1 saturated heterocycles. The molecule has 37 heavy (non-hydrogen) atoms. The molecule has 4 rings (SSSR count). The van der Waals surface area contributed by atoms with Gasteiger partial charge in [-0.1, -0.05) is 18.2 Å². The van der Waals surface area contributed by atoms with Gasteiger partial charge in [-0.25, -0.2) is 14.8 Å². The van der Waals surface area contributed by atoms with E-state index in [9.17, 15) is 22.8 Å². The standard InChI is InChI=1S/C25H25F3N4O5/c1-24(2,3)37-23(34)32-12-11-17(14-32)35-18-10-9-16(13-29-18)30-21(33)19-20(25(26,27)28)36-22(31-19)15-7-5-4-6-8-15/h4-10,13,17H,11-12,14H2,1-3H3,(H,30,33). The molecule has 3 aromatic rings. The Hall–Kier alpha value is -4.09. The number of carbonyl (C=O) groups is 2. The second kappa shape index (κ2) is 10.1. The van der Waals surface area contributed by atoms with E-state index in [1.54, 1.807) is 43.9 Å². The molecule has 2 amide bonds. The number of nitrogens with one attached hydrogen (secondary N) is 1. The number of hydrogen-bond donors (Lipinski definition) is 1.